The Hall–Kier alpha value is -0.570. The molecule has 0 aliphatic carbocycles. The van der Waals surface area contributed by atoms with Crippen LogP contribution in [0.4, 0.5) is 0 Å². The Bertz CT molecular complexity index is 160. The van der Waals surface area contributed by atoms with Gasteiger partial charge in [0.05, 0.1) is 12.5 Å². The summed E-state index contributed by atoms with van der Waals surface area (Å²) in [6, 6.07) is 0. The molecule has 2 N–H and O–H groups in total. The molecule has 0 aromatic rings. The molecule has 0 bridgehead atoms. The molecule has 1 atom stereocenters. The summed E-state index contributed by atoms with van der Waals surface area (Å²) in [5.74, 6) is -0.00100. The largest absolute Gasteiger partial charge is 0.466 e. The highest BCUT2D eigenvalue weighted by Crippen LogP contribution is 2.12. The quantitative estimate of drug-likeness (QED) is 0.475. The Kier molecular flexibility index (Phi) is 9.59. The van der Waals surface area contributed by atoms with Gasteiger partial charge in [0.1, 0.15) is 0 Å². The minimum Gasteiger partial charge on any atom is -0.466 e. The van der Waals surface area contributed by atoms with Crippen LogP contribution < -0.4 is 5.73 Å². The second-order valence-electron chi connectivity index (χ2n) is 4.00. The summed E-state index contributed by atoms with van der Waals surface area (Å²) in [5.41, 5.74) is 5.40. The zero-order chi connectivity index (χ0) is 11.5. The van der Waals surface area contributed by atoms with Gasteiger partial charge in [-0.1, -0.05) is 32.6 Å². The summed E-state index contributed by atoms with van der Waals surface area (Å²) in [6.07, 6.45) is 6.82. The molecule has 0 saturated heterocycles. The van der Waals surface area contributed by atoms with Crippen LogP contribution >= 0.6 is 0 Å². The Morgan fingerprint density at radius 1 is 1.20 bits per heavy atom. The van der Waals surface area contributed by atoms with E-state index in [1.807, 2.05) is 13.8 Å². The Labute approximate surface area is 93.4 Å². The van der Waals surface area contributed by atoms with Gasteiger partial charge in [0.15, 0.2) is 0 Å². The van der Waals surface area contributed by atoms with Crippen LogP contribution in [0.2, 0.25) is 0 Å². The number of carbonyl (C=O) groups is 1. The van der Waals surface area contributed by atoms with Gasteiger partial charge in [-0.05, 0) is 26.3 Å². The van der Waals surface area contributed by atoms with Gasteiger partial charge in [0, 0.05) is 0 Å². The predicted octanol–water partition coefficient (Wildman–Crippen LogP) is 2.48. The molecule has 0 aromatic heterocycles. The average Bonchev–Trinajstić information content (AvgIpc) is 2.23. The second-order valence-corrected chi connectivity index (χ2v) is 4.00. The van der Waals surface area contributed by atoms with Crippen molar-refractivity contribution in [3.8, 4) is 0 Å². The molecule has 3 nitrogen and oxygen atoms in total. The van der Waals surface area contributed by atoms with Gasteiger partial charge in [-0.3, -0.25) is 4.79 Å². The SMILES string of the molecule is CCOC(=O)C(C)CCCCCCCN. The lowest BCUT2D eigenvalue weighted by atomic mass is 10.0. The Morgan fingerprint density at radius 3 is 2.40 bits per heavy atom. The van der Waals surface area contributed by atoms with Gasteiger partial charge in [-0.2, -0.15) is 0 Å². The molecular weight excluding hydrogens is 190 g/mol. The van der Waals surface area contributed by atoms with Gasteiger partial charge in [-0.25, -0.2) is 0 Å². The van der Waals surface area contributed by atoms with E-state index in [-0.39, 0.29) is 11.9 Å². The van der Waals surface area contributed by atoms with Gasteiger partial charge in [-0.15, -0.1) is 0 Å². The van der Waals surface area contributed by atoms with Crippen LogP contribution in [0.5, 0.6) is 0 Å². The maximum absolute atomic E-state index is 11.3. The van der Waals surface area contributed by atoms with Gasteiger partial charge >= 0.3 is 5.97 Å². The van der Waals surface area contributed by atoms with Gasteiger partial charge < -0.3 is 10.5 Å². The zero-order valence-electron chi connectivity index (χ0n) is 10.1. The van der Waals surface area contributed by atoms with E-state index in [1.54, 1.807) is 0 Å². The van der Waals surface area contributed by atoms with Crippen molar-refractivity contribution < 1.29 is 9.53 Å². The van der Waals surface area contributed by atoms with Crippen molar-refractivity contribution >= 4 is 5.97 Å². The van der Waals surface area contributed by atoms with E-state index < -0.39 is 0 Å². The minimum atomic E-state index is -0.0561. The summed E-state index contributed by atoms with van der Waals surface area (Å²) in [6.45, 7) is 5.06. The van der Waals surface area contributed by atoms with Crippen LogP contribution in [0, 0.1) is 5.92 Å². The number of hydrogen-bond acceptors (Lipinski definition) is 3. The molecule has 0 aliphatic heterocycles. The normalized spacial score (nSPS) is 12.5. The zero-order valence-corrected chi connectivity index (χ0v) is 10.1. The molecule has 0 aromatic carbocycles. The van der Waals surface area contributed by atoms with E-state index in [1.165, 1.54) is 19.3 Å². The highest BCUT2D eigenvalue weighted by atomic mass is 16.5. The van der Waals surface area contributed by atoms with E-state index in [2.05, 4.69) is 0 Å². The highest BCUT2D eigenvalue weighted by molar-refractivity contribution is 5.71. The number of esters is 1. The van der Waals surface area contributed by atoms with Crippen molar-refractivity contribution in [3.05, 3.63) is 0 Å². The fourth-order valence-corrected chi connectivity index (χ4v) is 1.53. The molecule has 90 valence electrons. The molecule has 15 heavy (non-hydrogen) atoms. The third kappa shape index (κ3) is 8.43. The molecule has 0 aliphatic rings. The van der Waals surface area contributed by atoms with Crippen molar-refractivity contribution in [3.63, 3.8) is 0 Å². The first-order chi connectivity index (χ1) is 7.22. The van der Waals surface area contributed by atoms with E-state index >= 15 is 0 Å². The molecule has 3 heteroatoms. The van der Waals surface area contributed by atoms with E-state index in [4.69, 9.17) is 10.5 Å². The van der Waals surface area contributed by atoms with Crippen LogP contribution in [0.1, 0.15) is 52.4 Å². The maximum atomic E-state index is 11.3. The average molecular weight is 215 g/mol. The van der Waals surface area contributed by atoms with E-state index in [0.717, 1.165) is 25.8 Å². The molecule has 0 amide bonds. The predicted molar refractivity (Wildman–Crippen MR) is 62.6 cm³/mol. The van der Waals surface area contributed by atoms with Crippen molar-refractivity contribution in [2.45, 2.75) is 52.4 Å². The summed E-state index contributed by atoms with van der Waals surface area (Å²) >= 11 is 0. The van der Waals surface area contributed by atoms with Crippen LogP contribution in [-0.2, 0) is 9.53 Å². The summed E-state index contributed by atoms with van der Waals surface area (Å²) in [5, 5.41) is 0. The lowest BCUT2D eigenvalue weighted by Gasteiger charge is -2.09. The second kappa shape index (κ2) is 9.97. The maximum Gasteiger partial charge on any atom is 0.308 e. The van der Waals surface area contributed by atoms with Crippen molar-refractivity contribution in [1.29, 1.82) is 0 Å². The number of ether oxygens (including phenoxy) is 1. The first-order valence-corrected chi connectivity index (χ1v) is 6.09. The number of nitrogens with two attached hydrogens (primary N) is 1. The van der Waals surface area contributed by atoms with Gasteiger partial charge in [0.2, 0.25) is 0 Å². The molecule has 0 fully saturated rings. The fourth-order valence-electron chi connectivity index (χ4n) is 1.53. The van der Waals surface area contributed by atoms with Gasteiger partial charge in [0.25, 0.3) is 0 Å². The number of hydrogen-bond donors (Lipinski definition) is 1. The molecule has 0 saturated carbocycles. The lowest BCUT2D eigenvalue weighted by Crippen LogP contribution is -2.14. The summed E-state index contributed by atoms with van der Waals surface area (Å²) < 4.78 is 4.94. The third-order valence-electron chi connectivity index (χ3n) is 2.53. The monoisotopic (exact) mass is 215 g/mol. The first kappa shape index (κ1) is 14.4. The first-order valence-electron chi connectivity index (χ1n) is 6.09. The van der Waals surface area contributed by atoms with Crippen LogP contribution in [0.15, 0.2) is 0 Å². The van der Waals surface area contributed by atoms with E-state index in [0.29, 0.717) is 6.61 Å². The van der Waals surface area contributed by atoms with E-state index in [9.17, 15) is 4.79 Å². The fraction of sp³-hybridized carbons (Fsp3) is 0.917. The molecular formula is C12H25NO2. The Morgan fingerprint density at radius 2 is 1.80 bits per heavy atom. The molecule has 0 radical (unpaired) electrons. The smallest absolute Gasteiger partial charge is 0.308 e. The third-order valence-corrected chi connectivity index (χ3v) is 2.53. The van der Waals surface area contributed by atoms with Crippen molar-refractivity contribution in [2.24, 2.45) is 11.7 Å². The van der Waals surface area contributed by atoms with Crippen LogP contribution in [0.25, 0.3) is 0 Å². The summed E-state index contributed by atoms with van der Waals surface area (Å²) in [4.78, 5) is 11.3. The number of rotatable bonds is 9. The molecule has 0 spiro atoms. The van der Waals surface area contributed by atoms with Crippen LogP contribution in [-0.4, -0.2) is 19.1 Å². The molecule has 1 unspecified atom stereocenters. The Balaban J connectivity index is 3.30. The number of unbranched alkanes of at least 4 members (excludes halogenated alkanes) is 4. The van der Waals surface area contributed by atoms with Crippen LogP contribution in [0.3, 0.4) is 0 Å². The lowest BCUT2D eigenvalue weighted by molar-refractivity contribution is -0.147. The molecule has 0 heterocycles. The number of carbonyl (C=O) groups excluding carboxylic acids is 1. The van der Waals surface area contributed by atoms with Crippen molar-refractivity contribution in [1.82, 2.24) is 0 Å². The highest BCUT2D eigenvalue weighted by Gasteiger charge is 2.12. The van der Waals surface area contributed by atoms with Crippen molar-refractivity contribution in [2.75, 3.05) is 13.2 Å². The molecule has 0 rings (SSSR count). The topological polar surface area (TPSA) is 52.3 Å². The standard InChI is InChI=1S/C12H25NO2/c1-3-15-12(14)11(2)9-7-5-4-6-8-10-13/h11H,3-10,13H2,1-2H3. The minimum absolute atomic E-state index is 0.0551. The summed E-state index contributed by atoms with van der Waals surface area (Å²) in [7, 11) is 0.